The summed E-state index contributed by atoms with van der Waals surface area (Å²) in [6, 6.07) is 0. The molecule has 1 unspecified atom stereocenters. The number of hydrogen-bond donors (Lipinski definition) is 2. The Morgan fingerprint density at radius 1 is 1.61 bits per heavy atom. The van der Waals surface area contributed by atoms with Crippen molar-refractivity contribution in [1.82, 2.24) is 10.3 Å². The van der Waals surface area contributed by atoms with Crippen LogP contribution in [0.1, 0.15) is 43.9 Å². The summed E-state index contributed by atoms with van der Waals surface area (Å²) in [5, 5.41) is 7.01. The molecule has 0 radical (unpaired) electrons. The highest BCUT2D eigenvalue weighted by molar-refractivity contribution is 7.15. The zero-order valence-corrected chi connectivity index (χ0v) is 11.8. The molecule has 1 aliphatic heterocycles. The number of piperidine rings is 1. The highest BCUT2D eigenvalue weighted by Crippen LogP contribution is 2.31. The molecular formula is C13H21N3OS. The number of amides is 1. The Labute approximate surface area is 112 Å². The number of nitrogens with zero attached hydrogens (tertiary/aromatic N) is 1. The number of hydrogen-bond acceptors (Lipinski definition) is 4. The van der Waals surface area contributed by atoms with Crippen molar-refractivity contribution in [1.29, 1.82) is 0 Å². The average molecular weight is 267 g/mol. The lowest BCUT2D eigenvalue weighted by molar-refractivity contribution is -0.119. The van der Waals surface area contributed by atoms with Gasteiger partial charge in [0.25, 0.3) is 0 Å². The molecular weight excluding hydrogens is 246 g/mol. The van der Waals surface area contributed by atoms with E-state index >= 15 is 0 Å². The maximum absolute atomic E-state index is 11.8. The minimum atomic E-state index is 0.0521. The van der Waals surface area contributed by atoms with E-state index in [1.807, 2.05) is 20.0 Å². The summed E-state index contributed by atoms with van der Waals surface area (Å²) in [7, 11) is 0. The van der Waals surface area contributed by atoms with Crippen LogP contribution in [0.5, 0.6) is 0 Å². The maximum Gasteiger partial charge on any atom is 0.228 e. The van der Waals surface area contributed by atoms with E-state index in [0.29, 0.717) is 5.92 Å². The SMILES string of the molecule is CCC(C)C(=O)Nc1ncc(C2CCNCC2)s1. The Bertz CT molecular complexity index is 399. The summed E-state index contributed by atoms with van der Waals surface area (Å²) in [6.07, 6.45) is 5.12. The molecule has 1 aromatic heterocycles. The molecule has 5 heteroatoms. The van der Waals surface area contributed by atoms with Crippen molar-refractivity contribution in [2.75, 3.05) is 18.4 Å². The zero-order valence-electron chi connectivity index (χ0n) is 11.0. The van der Waals surface area contributed by atoms with Gasteiger partial charge in [-0.1, -0.05) is 13.8 Å². The predicted molar refractivity (Wildman–Crippen MR) is 75.0 cm³/mol. The van der Waals surface area contributed by atoms with Crippen LogP contribution in [0.2, 0.25) is 0 Å². The number of carbonyl (C=O) groups excluding carboxylic acids is 1. The van der Waals surface area contributed by atoms with Gasteiger partial charge in [0.05, 0.1) is 0 Å². The molecule has 1 atom stereocenters. The first-order valence-electron chi connectivity index (χ1n) is 6.68. The Hall–Kier alpha value is -0.940. The lowest BCUT2D eigenvalue weighted by Crippen LogP contribution is -2.26. The van der Waals surface area contributed by atoms with E-state index in [4.69, 9.17) is 0 Å². The van der Waals surface area contributed by atoms with E-state index in [1.165, 1.54) is 17.7 Å². The smallest absolute Gasteiger partial charge is 0.228 e. The lowest BCUT2D eigenvalue weighted by atomic mass is 9.97. The van der Waals surface area contributed by atoms with Crippen LogP contribution in [0.15, 0.2) is 6.20 Å². The number of thiazole rings is 1. The van der Waals surface area contributed by atoms with Gasteiger partial charge in [0, 0.05) is 17.0 Å². The molecule has 1 amide bonds. The highest BCUT2D eigenvalue weighted by Gasteiger charge is 2.19. The third-order valence-electron chi connectivity index (χ3n) is 3.56. The van der Waals surface area contributed by atoms with Crippen molar-refractivity contribution >= 4 is 22.4 Å². The van der Waals surface area contributed by atoms with Crippen molar-refractivity contribution in [3.63, 3.8) is 0 Å². The zero-order chi connectivity index (χ0) is 13.0. The summed E-state index contributed by atoms with van der Waals surface area (Å²) < 4.78 is 0. The van der Waals surface area contributed by atoms with Gasteiger partial charge in [-0.15, -0.1) is 11.3 Å². The normalized spacial score (nSPS) is 18.6. The van der Waals surface area contributed by atoms with E-state index < -0.39 is 0 Å². The van der Waals surface area contributed by atoms with Gasteiger partial charge in [-0.05, 0) is 38.3 Å². The standard InChI is InChI=1S/C13H21N3OS/c1-3-9(2)12(17)16-13-15-8-11(18-13)10-4-6-14-7-5-10/h8-10,14H,3-7H2,1-2H3,(H,15,16,17). The minimum absolute atomic E-state index is 0.0521. The fraction of sp³-hybridized carbons (Fsp3) is 0.692. The van der Waals surface area contributed by atoms with E-state index in [9.17, 15) is 4.79 Å². The Kier molecular flexibility index (Phi) is 4.72. The van der Waals surface area contributed by atoms with Gasteiger partial charge in [0.2, 0.25) is 5.91 Å². The maximum atomic E-state index is 11.8. The van der Waals surface area contributed by atoms with Gasteiger partial charge in [0.15, 0.2) is 5.13 Å². The molecule has 0 spiro atoms. The molecule has 1 saturated heterocycles. The fourth-order valence-electron chi connectivity index (χ4n) is 2.05. The molecule has 100 valence electrons. The van der Waals surface area contributed by atoms with Gasteiger partial charge < -0.3 is 10.6 Å². The summed E-state index contributed by atoms with van der Waals surface area (Å²) >= 11 is 1.62. The molecule has 2 rings (SSSR count). The van der Waals surface area contributed by atoms with Crippen LogP contribution in [-0.2, 0) is 4.79 Å². The largest absolute Gasteiger partial charge is 0.317 e. The topological polar surface area (TPSA) is 54.0 Å². The van der Waals surface area contributed by atoms with Crippen LogP contribution >= 0.6 is 11.3 Å². The molecule has 1 aliphatic rings. The molecule has 2 heterocycles. The van der Waals surface area contributed by atoms with E-state index in [2.05, 4.69) is 15.6 Å². The quantitative estimate of drug-likeness (QED) is 0.881. The lowest BCUT2D eigenvalue weighted by Gasteiger charge is -2.20. The molecule has 0 bridgehead atoms. The van der Waals surface area contributed by atoms with Crippen molar-refractivity contribution < 1.29 is 4.79 Å². The van der Waals surface area contributed by atoms with Gasteiger partial charge in [-0.3, -0.25) is 4.79 Å². The number of carbonyl (C=O) groups is 1. The molecule has 0 aliphatic carbocycles. The summed E-state index contributed by atoms with van der Waals surface area (Å²) in [4.78, 5) is 17.4. The van der Waals surface area contributed by atoms with Crippen LogP contribution in [0.3, 0.4) is 0 Å². The molecule has 4 nitrogen and oxygen atoms in total. The molecule has 2 N–H and O–H groups in total. The third-order valence-corrected chi connectivity index (χ3v) is 4.63. The van der Waals surface area contributed by atoms with Crippen LogP contribution in [0, 0.1) is 5.92 Å². The Morgan fingerprint density at radius 2 is 2.33 bits per heavy atom. The van der Waals surface area contributed by atoms with Gasteiger partial charge >= 0.3 is 0 Å². The molecule has 0 saturated carbocycles. The van der Waals surface area contributed by atoms with E-state index in [-0.39, 0.29) is 11.8 Å². The van der Waals surface area contributed by atoms with Crippen molar-refractivity contribution in [3.05, 3.63) is 11.1 Å². The third kappa shape index (κ3) is 3.29. The number of rotatable bonds is 4. The van der Waals surface area contributed by atoms with Crippen molar-refractivity contribution in [3.8, 4) is 0 Å². The first-order chi connectivity index (χ1) is 8.70. The Morgan fingerprint density at radius 3 is 3.00 bits per heavy atom. The number of aromatic nitrogens is 1. The average Bonchev–Trinajstić information content (AvgIpc) is 2.87. The van der Waals surface area contributed by atoms with Crippen LogP contribution in [-0.4, -0.2) is 24.0 Å². The highest BCUT2D eigenvalue weighted by atomic mass is 32.1. The molecule has 1 fully saturated rings. The first-order valence-corrected chi connectivity index (χ1v) is 7.49. The second kappa shape index (κ2) is 6.29. The summed E-state index contributed by atoms with van der Waals surface area (Å²) in [5.41, 5.74) is 0. The fourth-order valence-corrected chi connectivity index (χ4v) is 3.04. The van der Waals surface area contributed by atoms with Gasteiger partial charge in [-0.25, -0.2) is 4.98 Å². The first kappa shape index (κ1) is 13.5. The molecule has 1 aromatic rings. The van der Waals surface area contributed by atoms with Crippen LogP contribution < -0.4 is 10.6 Å². The predicted octanol–water partition coefficient (Wildman–Crippen LogP) is 2.59. The van der Waals surface area contributed by atoms with Gasteiger partial charge in [-0.2, -0.15) is 0 Å². The number of anilines is 1. The second-order valence-corrected chi connectivity index (χ2v) is 5.95. The molecule has 18 heavy (non-hydrogen) atoms. The summed E-state index contributed by atoms with van der Waals surface area (Å²) in [5.74, 6) is 0.734. The van der Waals surface area contributed by atoms with Crippen molar-refractivity contribution in [2.24, 2.45) is 5.92 Å². The van der Waals surface area contributed by atoms with Crippen molar-refractivity contribution in [2.45, 2.75) is 39.0 Å². The second-order valence-electron chi connectivity index (χ2n) is 4.89. The minimum Gasteiger partial charge on any atom is -0.317 e. The summed E-state index contributed by atoms with van der Waals surface area (Å²) in [6.45, 7) is 6.12. The van der Waals surface area contributed by atoms with Gasteiger partial charge in [0.1, 0.15) is 0 Å². The Balaban J connectivity index is 1.95. The monoisotopic (exact) mass is 267 g/mol. The van der Waals surface area contributed by atoms with E-state index in [0.717, 1.165) is 24.6 Å². The van der Waals surface area contributed by atoms with E-state index in [1.54, 1.807) is 11.3 Å². The van der Waals surface area contributed by atoms with Crippen LogP contribution in [0.4, 0.5) is 5.13 Å². The molecule has 0 aromatic carbocycles. The number of nitrogens with one attached hydrogen (secondary N) is 2. The van der Waals surface area contributed by atoms with Crippen LogP contribution in [0.25, 0.3) is 0 Å².